The molecule has 0 bridgehead atoms. The molecule has 1 aromatic rings. The van der Waals surface area contributed by atoms with Gasteiger partial charge in [0, 0.05) is 32.6 Å². The molecule has 0 aliphatic carbocycles. The third-order valence-electron chi connectivity index (χ3n) is 4.37. The summed E-state index contributed by atoms with van der Waals surface area (Å²) in [5.41, 5.74) is -0.738. The van der Waals surface area contributed by atoms with Gasteiger partial charge in [-0.2, -0.15) is 0 Å². The van der Waals surface area contributed by atoms with Crippen molar-refractivity contribution >= 4 is 45.4 Å². The topological polar surface area (TPSA) is 126 Å². The van der Waals surface area contributed by atoms with Gasteiger partial charge in [0.05, 0.1) is 7.11 Å². The van der Waals surface area contributed by atoms with Gasteiger partial charge in [0.25, 0.3) is 0 Å². The quantitative estimate of drug-likeness (QED) is 0.304. The maximum absolute atomic E-state index is 11.9. The fourth-order valence-electron chi connectivity index (χ4n) is 3.11. The van der Waals surface area contributed by atoms with Crippen LogP contribution in [0, 0.1) is 0 Å². The lowest BCUT2D eigenvalue weighted by Crippen LogP contribution is -2.65. The highest BCUT2D eigenvalue weighted by atomic mass is 33.1. The van der Waals surface area contributed by atoms with Gasteiger partial charge in [0.15, 0.2) is 12.2 Å². The van der Waals surface area contributed by atoms with E-state index in [1.807, 2.05) is 12.1 Å². The predicted molar refractivity (Wildman–Crippen MR) is 120 cm³/mol. The molecule has 0 unspecified atom stereocenters. The van der Waals surface area contributed by atoms with Crippen molar-refractivity contribution < 1.29 is 42.9 Å². The number of amides is 1. The van der Waals surface area contributed by atoms with E-state index in [0.29, 0.717) is 5.75 Å². The van der Waals surface area contributed by atoms with Crippen molar-refractivity contribution in [2.24, 2.45) is 0 Å². The lowest BCUT2D eigenvalue weighted by Gasteiger charge is -2.44. The molecule has 1 aliphatic heterocycles. The van der Waals surface area contributed by atoms with E-state index in [0.717, 1.165) is 4.90 Å². The van der Waals surface area contributed by atoms with E-state index in [1.54, 1.807) is 19.2 Å². The van der Waals surface area contributed by atoms with Crippen molar-refractivity contribution in [2.75, 3.05) is 13.7 Å². The van der Waals surface area contributed by atoms with Crippen LogP contribution in [0.25, 0.3) is 0 Å². The first kappa shape index (κ1) is 26.8. The Kier molecular flexibility index (Phi) is 10.3. The second kappa shape index (κ2) is 12.7. The Bertz CT molecular complexity index is 849. The van der Waals surface area contributed by atoms with Crippen LogP contribution in [0.1, 0.15) is 27.7 Å². The molecule has 0 radical (unpaired) electrons. The lowest BCUT2D eigenvalue weighted by atomic mass is 9.97. The van der Waals surface area contributed by atoms with Gasteiger partial charge >= 0.3 is 17.9 Å². The van der Waals surface area contributed by atoms with E-state index in [1.165, 1.54) is 49.3 Å². The average molecular weight is 502 g/mol. The molecular weight excluding hydrogens is 474 g/mol. The molecule has 1 aliphatic rings. The SMILES string of the molecule is COc1ccc(SS[C@@H]2O[C@H](COC(C)=O)[C@@H](OC(C)=O)[C@H](OC(C)=O)[C@H]2NC(C)=O)cc1. The molecule has 1 aromatic carbocycles. The number of carbonyl (C=O) groups excluding carboxylic acids is 4. The zero-order valence-electron chi connectivity index (χ0n) is 18.9. The molecular formula is C21H27NO9S2. The fourth-order valence-corrected chi connectivity index (χ4v) is 5.54. The van der Waals surface area contributed by atoms with Crippen LogP contribution in [0.5, 0.6) is 5.75 Å². The summed E-state index contributed by atoms with van der Waals surface area (Å²) in [6.07, 6.45) is -3.11. The monoisotopic (exact) mass is 501 g/mol. The number of methoxy groups -OCH3 is 1. The van der Waals surface area contributed by atoms with Gasteiger partial charge in [-0.05, 0) is 24.3 Å². The second-order valence-corrected chi connectivity index (χ2v) is 9.45. The summed E-state index contributed by atoms with van der Waals surface area (Å²) in [6, 6.07) is 6.47. The molecule has 5 atom stereocenters. The third kappa shape index (κ3) is 8.45. The van der Waals surface area contributed by atoms with Crippen molar-refractivity contribution in [3.05, 3.63) is 24.3 Å². The molecule has 182 valence electrons. The average Bonchev–Trinajstić information content (AvgIpc) is 2.73. The number of ether oxygens (including phenoxy) is 5. The molecule has 0 aromatic heterocycles. The fraction of sp³-hybridized carbons (Fsp3) is 0.524. The van der Waals surface area contributed by atoms with Crippen molar-refractivity contribution in [2.45, 2.75) is 62.4 Å². The van der Waals surface area contributed by atoms with Gasteiger partial charge in [-0.3, -0.25) is 19.2 Å². The number of benzene rings is 1. The Morgan fingerprint density at radius 3 is 2.06 bits per heavy atom. The minimum atomic E-state index is -1.11. The summed E-state index contributed by atoms with van der Waals surface area (Å²) in [7, 11) is 4.21. The van der Waals surface area contributed by atoms with Gasteiger partial charge < -0.3 is 29.0 Å². The Morgan fingerprint density at radius 2 is 1.55 bits per heavy atom. The van der Waals surface area contributed by atoms with Crippen LogP contribution in [-0.2, 0) is 38.1 Å². The van der Waals surface area contributed by atoms with Crippen LogP contribution in [0.3, 0.4) is 0 Å². The first-order valence-corrected chi connectivity index (χ1v) is 12.2. The highest BCUT2D eigenvalue weighted by Crippen LogP contribution is 2.41. The Balaban J connectivity index is 2.33. The van der Waals surface area contributed by atoms with E-state index >= 15 is 0 Å². The van der Waals surface area contributed by atoms with Crippen LogP contribution >= 0.6 is 21.6 Å². The standard InChI is InChI=1S/C21H27NO9S2/c1-11(23)22-18-20(30-14(4)26)19(29-13(3)25)17(10-28-12(2)24)31-21(18)33-32-16-8-6-15(27-5)7-9-16/h6-9,17-21H,10H2,1-5H3,(H,22,23)/t17-,18-,19-,20-,21+/m1/s1. The molecule has 33 heavy (non-hydrogen) atoms. The van der Waals surface area contributed by atoms with Crippen molar-refractivity contribution in [1.29, 1.82) is 0 Å². The number of rotatable bonds is 9. The molecule has 0 saturated carbocycles. The van der Waals surface area contributed by atoms with Crippen LogP contribution in [-0.4, -0.2) is 67.3 Å². The maximum Gasteiger partial charge on any atom is 0.303 e. The minimum Gasteiger partial charge on any atom is -0.497 e. The number of nitrogens with one attached hydrogen (secondary N) is 1. The largest absolute Gasteiger partial charge is 0.497 e. The molecule has 2 rings (SSSR count). The van der Waals surface area contributed by atoms with Gasteiger partial charge in [-0.1, -0.05) is 21.6 Å². The zero-order chi connectivity index (χ0) is 24.5. The first-order valence-electron chi connectivity index (χ1n) is 9.98. The van der Waals surface area contributed by atoms with Gasteiger partial charge in [-0.25, -0.2) is 0 Å². The van der Waals surface area contributed by atoms with Crippen molar-refractivity contribution in [3.8, 4) is 5.75 Å². The number of hydrogen-bond acceptors (Lipinski definition) is 11. The van der Waals surface area contributed by atoms with Gasteiger partial charge in [0.2, 0.25) is 5.91 Å². The smallest absolute Gasteiger partial charge is 0.303 e. The Labute approximate surface area is 199 Å². The number of esters is 3. The van der Waals surface area contributed by atoms with Crippen LogP contribution < -0.4 is 10.1 Å². The molecule has 1 fully saturated rings. The first-order chi connectivity index (χ1) is 15.6. The molecule has 1 amide bonds. The van der Waals surface area contributed by atoms with E-state index in [4.69, 9.17) is 23.7 Å². The van der Waals surface area contributed by atoms with Gasteiger partial charge in [-0.15, -0.1) is 0 Å². The molecule has 1 N–H and O–H groups in total. The maximum atomic E-state index is 11.9. The summed E-state index contributed by atoms with van der Waals surface area (Å²) in [5.74, 6) is -1.51. The number of carbonyl (C=O) groups is 4. The summed E-state index contributed by atoms with van der Waals surface area (Å²) >= 11 is 0. The zero-order valence-corrected chi connectivity index (χ0v) is 20.5. The highest BCUT2D eigenvalue weighted by molar-refractivity contribution is 8.76. The summed E-state index contributed by atoms with van der Waals surface area (Å²) in [6.45, 7) is 4.72. The van der Waals surface area contributed by atoms with E-state index < -0.39 is 47.7 Å². The molecule has 1 heterocycles. The number of hydrogen-bond donors (Lipinski definition) is 1. The van der Waals surface area contributed by atoms with E-state index in [-0.39, 0.29) is 12.5 Å². The second-order valence-electron chi connectivity index (χ2n) is 7.08. The van der Waals surface area contributed by atoms with Crippen molar-refractivity contribution in [3.63, 3.8) is 0 Å². The van der Waals surface area contributed by atoms with E-state index in [9.17, 15) is 19.2 Å². The molecule has 1 saturated heterocycles. The van der Waals surface area contributed by atoms with Gasteiger partial charge in [0.1, 0.15) is 29.9 Å². The Morgan fingerprint density at radius 1 is 0.939 bits per heavy atom. The van der Waals surface area contributed by atoms with Crippen LogP contribution in [0.4, 0.5) is 0 Å². The Hall–Kier alpha value is -2.44. The predicted octanol–water partition coefficient (Wildman–Crippen LogP) is 2.09. The van der Waals surface area contributed by atoms with Crippen molar-refractivity contribution in [1.82, 2.24) is 5.32 Å². The summed E-state index contributed by atoms with van der Waals surface area (Å²) < 4.78 is 27.2. The van der Waals surface area contributed by atoms with Crippen LogP contribution in [0.15, 0.2) is 29.2 Å². The molecule has 0 spiro atoms. The lowest BCUT2D eigenvalue weighted by molar-refractivity contribution is -0.211. The normalized spacial score (nSPS) is 24.3. The molecule has 10 nitrogen and oxygen atoms in total. The summed E-state index contributed by atoms with van der Waals surface area (Å²) in [5, 5.41) is 2.74. The molecule has 12 heteroatoms. The summed E-state index contributed by atoms with van der Waals surface area (Å²) in [4.78, 5) is 47.8. The third-order valence-corrected chi connectivity index (χ3v) is 6.96. The van der Waals surface area contributed by atoms with E-state index in [2.05, 4.69) is 5.32 Å². The highest BCUT2D eigenvalue weighted by Gasteiger charge is 2.51. The van der Waals surface area contributed by atoms with Crippen LogP contribution in [0.2, 0.25) is 0 Å². The minimum absolute atomic E-state index is 0.234.